The highest BCUT2D eigenvalue weighted by molar-refractivity contribution is 5.77. The van der Waals surface area contributed by atoms with E-state index in [4.69, 9.17) is 24.5 Å². The number of hydrogen-bond acceptors (Lipinski definition) is 10. The second-order valence-electron chi connectivity index (χ2n) is 4.90. The molecule has 0 aliphatic carbocycles. The summed E-state index contributed by atoms with van der Waals surface area (Å²) in [6, 6.07) is -1.40. The first kappa shape index (κ1) is 20.2. The van der Waals surface area contributed by atoms with Gasteiger partial charge in [0.05, 0.1) is 7.11 Å². The van der Waals surface area contributed by atoms with Crippen LogP contribution < -0.4 is 0 Å². The average molecular weight is 359 g/mol. The number of azide groups is 1. The summed E-state index contributed by atoms with van der Waals surface area (Å²) in [5.41, 5.74) is 8.73. The normalized spacial score (nSPS) is 28.1. The smallest absolute Gasteiger partial charge is 0.339 e. The van der Waals surface area contributed by atoms with Gasteiger partial charge in [-0.25, -0.2) is 4.79 Å². The molecule has 1 saturated heterocycles. The molecule has 5 atom stereocenters. The van der Waals surface area contributed by atoms with Gasteiger partial charge in [-0.1, -0.05) is 5.11 Å². The zero-order valence-electron chi connectivity index (χ0n) is 13.9. The van der Waals surface area contributed by atoms with Gasteiger partial charge in [-0.2, -0.15) is 0 Å². The predicted octanol–water partition coefficient (Wildman–Crippen LogP) is -0.0103. The van der Waals surface area contributed by atoms with Crippen molar-refractivity contribution in [1.29, 1.82) is 0 Å². The lowest BCUT2D eigenvalue weighted by atomic mass is 9.96. The third-order valence-corrected chi connectivity index (χ3v) is 3.02. The van der Waals surface area contributed by atoms with E-state index in [1.165, 1.54) is 0 Å². The van der Waals surface area contributed by atoms with Crippen LogP contribution in [0.4, 0.5) is 0 Å². The van der Waals surface area contributed by atoms with Crippen molar-refractivity contribution >= 4 is 23.9 Å². The molecule has 12 nitrogen and oxygen atoms in total. The van der Waals surface area contributed by atoms with Crippen LogP contribution in [-0.2, 0) is 42.9 Å². The lowest BCUT2D eigenvalue weighted by Gasteiger charge is -2.41. The average Bonchev–Trinajstić information content (AvgIpc) is 2.50. The predicted molar refractivity (Wildman–Crippen MR) is 76.5 cm³/mol. The Morgan fingerprint density at radius 1 is 0.960 bits per heavy atom. The van der Waals surface area contributed by atoms with E-state index in [9.17, 15) is 19.2 Å². The van der Waals surface area contributed by atoms with E-state index in [0.717, 1.165) is 27.9 Å². The molecule has 0 aromatic carbocycles. The quantitative estimate of drug-likeness (QED) is 0.216. The summed E-state index contributed by atoms with van der Waals surface area (Å²) in [5.74, 6) is -3.41. The Morgan fingerprint density at radius 3 is 1.92 bits per heavy atom. The number of carbonyl (C=O) groups is 4. The van der Waals surface area contributed by atoms with Crippen LogP contribution in [-0.4, -0.2) is 61.6 Å². The minimum absolute atomic E-state index is 0.806. The minimum Gasteiger partial charge on any atom is -0.467 e. The molecule has 138 valence electrons. The second-order valence-corrected chi connectivity index (χ2v) is 4.90. The summed E-state index contributed by atoms with van der Waals surface area (Å²) in [7, 11) is 1.05. The highest BCUT2D eigenvalue weighted by Crippen LogP contribution is 2.30. The van der Waals surface area contributed by atoms with Crippen molar-refractivity contribution in [2.75, 3.05) is 7.11 Å². The standard InChI is InChI=1S/C13H17N3O9/c1-5(17)22-9-8(15-16-14)13(24-7(3)19)25-11(12(20)21-4)10(9)23-6(2)18/h8-11,13H,1-4H3/t8-,9-,10-,11+,13+/m1/s1. The van der Waals surface area contributed by atoms with E-state index in [1.807, 2.05) is 0 Å². The highest BCUT2D eigenvalue weighted by atomic mass is 16.7. The molecule has 1 aliphatic heterocycles. The van der Waals surface area contributed by atoms with Crippen molar-refractivity contribution in [3.63, 3.8) is 0 Å². The van der Waals surface area contributed by atoms with Gasteiger partial charge >= 0.3 is 23.9 Å². The number of methoxy groups -OCH3 is 1. The Hall–Kier alpha value is -2.85. The largest absolute Gasteiger partial charge is 0.467 e. The van der Waals surface area contributed by atoms with Crippen molar-refractivity contribution in [2.24, 2.45) is 5.11 Å². The summed E-state index contributed by atoms with van der Waals surface area (Å²) >= 11 is 0. The molecule has 0 saturated carbocycles. The third kappa shape index (κ3) is 5.33. The van der Waals surface area contributed by atoms with Gasteiger partial charge in [0.1, 0.15) is 6.04 Å². The van der Waals surface area contributed by atoms with Crippen LogP contribution in [0.3, 0.4) is 0 Å². The number of carbonyl (C=O) groups excluding carboxylic acids is 4. The fourth-order valence-electron chi connectivity index (χ4n) is 2.22. The van der Waals surface area contributed by atoms with E-state index in [-0.39, 0.29) is 0 Å². The van der Waals surface area contributed by atoms with E-state index in [2.05, 4.69) is 14.8 Å². The van der Waals surface area contributed by atoms with Crippen molar-refractivity contribution in [2.45, 2.75) is 51.4 Å². The molecular weight excluding hydrogens is 342 g/mol. The maximum atomic E-state index is 12.0. The molecule has 25 heavy (non-hydrogen) atoms. The highest BCUT2D eigenvalue weighted by Gasteiger charge is 2.54. The van der Waals surface area contributed by atoms with E-state index >= 15 is 0 Å². The first-order chi connectivity index (χ1) is 11.7. The molecule has 1 heterocycles. The zero-order valence-corrected chi connectivity index (χ0v) is 13.9. The fraction of sp³-hybridized carbons (Fsp3) is 0.692. The zero-order chi connectivity index (χ0) is 19.1. The van der Waals surface area contributed by atoms with E-state index < -0.39 is 54.5 Å². The molecule has 1 rings (SSSR count). The SMILES string of the molecule is COC(=O)[C@H]1O[C@H](OC(C)=O)[C@H](N=[N+]=[N-])[C@@H](OC(C)=O)[C@H]1OC(C)=O. The summed E-state index contributed by atoms with van der Waals surface area (Å²) in [5, 5.41) is 3.39. The summed E-state index contributed by atoms with van der Waals surface area (Å²) in [6.07, 6.45) is -6.06. The van der Waals surface area contributed by atoms with E-state index in [1.54, 1.807) is 0 Å². The summed E-state index contributed by atoms with van der Waals surface area (Å²) < 4.78 is 24.8. The Morgan fingerprint density at radius 2 is 1.48 bits per heavy atom. The first-order valence-electron chi connectivity index (χ1n) is 7.00. The van der Waals surface area contributed by atoms with Crippen LogP contribution in [0, 0.1) is 0 Å². The fourth-order valence-corrected chi connectivity index (χ4v) is 2.22. The second kappa shape index (κ2) is 8.85. The lowest BCUT2D eigenvalue weighted by molar-refractivity contribution is -0.261. The van der Waals surface area contributed by atoms with Crippen molar-refractivity contribution in [3.05, 3.63) is 10.4 Å². The summed E-state index contributed by atoms with van der Waals surface area (Å²) in [4.78, 5) is 48.6. The van der Waals surface area contributed by atoms with Gasteiger partial charge in [0, 0.05) is 25.7 Å². The van der Waals surface area contributed by atoms with Gasteiger partial charge in [0.25, 0.3) is 0 Å². The lowest BCUT2D eigenvalue weighted by Crippen LogP contribution is -2.62. The van der Waals surface area contributed by atoms with Crippen LogP contribution in [0.15, 0.2) is 5.11 Å². The van der Waals surface area contributed by atoms with Crippen LogP contribution >= 0.6 is 0 Å². The maximum absolute atomic E-state index is 12.0. The van der Waals surface area contributed by atoms with Gasteiger partial charge in [-0.3, -0.25) is 14.4 Å². The molecule has 12 heteroatoms. The number of hydrogen-bond donors (Lipinski definition) is 0. The van der Waals surface area contributed by atoms with Gasteiger partial charge in [-0.05, 0) is 5.53 Å². The van der Waals surface area contributed by atoms with Crippen LogP contribution in [0.1, 0.15) is 20.8 Å². The Balaban J connectivity index is 3.37. The molecule has 0 N–H and O–H groups in total. The van der Waals surface area contributed by atoms with Crippen molar-refractivity contribution in [1.82, 2.24) is 0 Å². The van der Waals surface area contributed by atoms with Crippen LogP contribution in [0.5, 0.6) is 0 Å². The Kier molecular flexibility index (Phi) is 7.15. The topological polar surface area (TPSA) is 163 Å². The number of esters is 4. The molecular formula is C13H17N3O9. The Labute approximate surface area is 141 Å². The van der Waals surface area contributed by atoms with E-state index in [0.29, 0.717) is 0 Å². The molecule has 1 aliphatic rings. The Bertz CT molecular complexity index is 602. The molecule has 0 amide bonds. The van der Waals surface area contributed by atoms with Gasteiger partial charge in [0.2, 0.25) is 6.29 Å². The molecule has 0 unspecified atom stereocenters. The molecule has 0 bridgehead atoms. The minimum atomic E-state index is -1.58. The van der Waals surface area contributed by atoms with Gasteiger partial charge < -0.3 is 23.7 Å². The molecule has 1 fully saturated rings. The summed E-state index contributed by atoms with van der Waals surface area (Å²) in [6.45, 7) is 3.17. The molecule has 0 aromatic heterocycles. The molecule has 0 aromatic rings. The number of ether oxygens (including phenoxy) is 5. The van der Waals surface area contributed by atoms with Gasteiger partial charge in [-0.15, -0.1) is 0 Å². The molecule has 0 radical (unpaired) electrons. The van der Waals surface area contributed by atoms with Crippen molar-refractivity contribution < 1.29 is 42.9 Å². The maximum Gasteiger partial charge on any atom is 0.339 e. The van der Waals surface area contributed by atoms with Crippen LogP contribution in [0.25, 0.3) is 10.4 Å². The van der Waals surface area contributed by atoms with Gasteiger partial charge in [0.15, 0.2) is 18.3 Å². The monoisotopic (exact) mass is 359 g/mol. The first-order valence-corrected chi connectivity index (χ1v) is 7.00. The van der Waals surface area contributed by atoms with Crippen LogP contribution in [0.2, 0.25) is 0 Å². The third-order valence-electron chi connectivity index (χ3n) is 3.02. The number of nitrogens with zero attached hydrogens (tertiary/aromatic N) is 3. The van der Waals surface area contributed by atoms with Crippen molar-refractivity contribution in [3.8, 4) is 0 Å². The molecule has 0 spiro atoms. The number of rotatable bonds is 5.